The van der Waals surface area contributed by atoms with Gasteiger partial charge in [-0.25, -0.2) is 4.79 Å². The van der Waals surface area contributed by atoms with Crippen LogP contribution in [-0.2, 0) is 11.2 Å². The predicted octanol–water partition coefficient (Wildman–Crippen LogP) is 5.12. The van der Waals surface area contributed by atoms with Gasteiger partial charge in [0.25, 0.3) is 5.91 Å². The topological polar surface area (TPSA) is 82.2 Å². The normalized spacial score (nSPS) is 12.4. The number of aliphatic carboxylic acids is 1. The van der Waals surface area contributed by atoms with E-state index in [1.54, 1.807) is 24.4 Å². The Balaban J connectivity index is 1.61. The van der Waals surface area contributed by atoms with E-state index in [1.807, 2.05) is 24.3 Å². The van der Waals surface area contributed by atoms with Crippen molar-refractivity contribution in [1.29, 1.82) is 0 Å². The Morgan fingerprint density at radius 2 is 1.93 bits per heavy atom. The van der Waals surface area contributed by atoms with Crippen molar-refractivity contribution < 1.29 is 14.7 Å². The van der Waals surface area contributed by atoms with Crippen LogP contribution in [0.25, 0.3) is 21.0 Å². The molecule has 28 heavy (non-hydrogen) atoms. The molecule has 0 bridgehead atoms. The van der Waals surface area contributed by atoms with Gasteiger partial charge in [0, 0.05) is 38.6 Å². The molecule has 1 unspecified atom stereocenters. The van der Waals surface area contributed by atoms with Crippen molar-refractivity contribution in [3.8, 4) is 0 Å². The molecule has 0 aliphatic rings. The van der Waals surface area contributed by atoms with E-state index in [2.05, 4.69) is 10.3 Å². The van der Waals surface area contributed by atoms with Crippen LogP contribution in [-0.4, -0.2) is 28.0 Å². The van der Waals surface area contributed by atoms with Crippen LogP contribution in [0.15, 0.2) is 48.7 Å². The second kappa shape index (κ2) is 7.47. The fraction of sp³-hybridized carbons (Fsp3) is 0.100. The number of fused-ring (bicyclic) bond motifs is 2. The van der Waals surface area contributed by atoms with Gasteiger partial charge < -0.3 is 15.4 Å². The molecule has 0 saturated heterocycles. The van der Waals surface area contributed by atoms with Gasteiger partial charge in [-0.15, -0.1) is 11.3 Å². The van der Waals surface area contributed by atoms with Crippen LogP contribution in [0.3, 0.4) is 0 Å². The lowest BCUT2D eigenvalue weighted by Gasteiger charge is -2.14. The SMILES string of the molecule is O=C(NC(Cc1c[nH]c2ccccc12)C(=O)O)c1sc2cc(Cl)ccc2c1Cl. The van der Waals surface area contributed by atoms with Crippen LogP contribution in [0.2, 0.25) is 10.0 Å². The largest absolute Gasteiger partial charge is 0.480 e. The second-order valence-corrected chi connectivity index (χ2v) is 8.18. The van der Waals surface area contributed by atoms with Crippen LogP contribution in [0.1, 0.15) is 15.2 Å². The molecule has 8 heteroatoms. The molecule has 4 aromatic rings. The van der Waals surface area contributed by atoms with Crippen LogP contribution in [0.4, 0.5) is 0 Å². The molecule has 0 aliphatic carbocycles. The number of hydrogen-bond acceptors (Lipinski definition) is 3. The molecule has 142 valence electrons. The van der Waals surface area contributed by atoms with E-state index in [1.165, 1.54) is 11.3 Å². The molecule has 3 N–H and O–H groups in total. The van der Waals surface area contributed by atoms with Gasteiger partial charge in [-0.1, -0.05) is 47.5 Å². The summed E-state index contributed by atoms with van der Waals surface area (Å²) in [7, 11) is 0. The number of rotatable bonds is 5. The molecule has 0 aliphatic heterocycles. The van der Waals surface area contributed by atoms with Gasteiger partial charge in [0.1, 0.15) is 10.9 Å². The molecule has 2 aromatic heterocycles. The summed E-state index contributed by atoms with van der Waals surface area (Å²) in [6, 6.07) is 11.7. The number of carbonyl (C=O) groups is 2. The van der Waals surface area contributed by atoms with E-state index in [4.69, 9.17) is 23.2 Å². The van der Waals surface area contributed by atoms with E-state index in [-0.39, 0.29) is 11.3 Å². The summed E-state index contributed by atoms with van der Waals surface area (Å²) in [6.07, 6.45) is 1.92. The molecule has 2 aromatic carbocycles. The first-order chi connectivity index (χ1) is 13.4. The van der Waals surface area contributed by atoms with Crippen LogP contribution < -0.4 is 5.32 Å². The average molecular weight is 433 g/mol. The molecule has 5 nitrogen and oxygen atoms in total. The lowest BCUT2D eigenvalue weighted by molar-refractivity contribution is -0.139. The Morgan fingerprint density at radius 1 is 1.14 bits per heavy atom. The molecule has 0 saturated carbocycles. The first kappa shape index (κ1) is 18.8. The van der Waals surface area contributed by atoms with Gasteiger partial charge in [-0.2, -0.15) is 0 Å². The first-order valence-corrected chi connectivity index (χ1v) is 9.97. The lowest BCUT2D eigenvalue weighted by atomic mass is 10.0. The lowest BCUT2D eigenvalue weighted by Crippen LogP contribution is -2.42. The Kier molecular flexibility index (Phi) is 5.02. The quantitative estimate of drug-likeness (QED) is 0.409. The minimum atomic E-state index is -1.11. The second-order valence-electron chi connectivity index (χ2n) is 6.31. The minimum absolute atomic E-state index is 0.152. The molecule has 0 radical (unpaired) electrons. The highest BCUT2D eigenvalue weighted by Crippen LogP contribution is 2.36. The van der Waals surface area contributed by atoms with Crippen molar-refractivity contribution in [2.24, 2.45) is 0 Å². The summed E-state index contributed by atoms with van der Waals surface area (Å²) >= 11 is 13.5. The van der Waals surface area contributed by atoms with E-state index in [9.17, 15) is 14.7 Å². The number of nitrogens with one attached hydrogen (secondary N) is 2. The number of hydrogen-bond donors (Lipinski definition) is 3. The smallest absolute Gasteiger partial charge is 0.326 e. The Hall–Kier alpha value is -2.54. The summed E-state index contributed by atoms with van der Waals surface area (Å²) in [6.45, 7) is 0. The fourth-order valence-electron chi connectivity index (χ4n) is 3.13. The number of aromatic amines is 1. The highest BCUT2D eigenvalue weighted by molar-refractivity contribution is 7.21. The van der Waals surface area contributed by atoms with Gasteiger partial charge in [0.15, 0.2) is 0 Å². The molecule has 2 heterocycles. The third kappa shape index (κ3) is 3.46. The van der Waals surface area contributed by atoms with Crippen LogP contribution in [0.5, 0.6) is 0 Å². The van der Waals surface area contributed by atoms with Crippen LogP contribution >= 0.6 is 34.5 Å². The van der Waals surface area contributed by atoms with E-state index < -0.39 is 17.9 Å². The first-order valence-electron chi connectivity index (χ1n) is 8.40. The predicted molar refractivity (Wildman–Crippen MR) is 113 cm³/mol. The van der Waals surface area contributed by atoms with Crippen molar-refractivity contribution in [2.45, 2.75) is 12.5 Å². The van der Waals surface area contributed by atoms with Crippen molar-refractivity contribution in [2.75, 3.05) is 0 Å². The molecule has 1 amide bonds. The molecule has 0 fully saturated rings. The van der Waals surface area contributed by atoms with Gasteiger partial charge in [0.2, 0.25) is 0 Å². The van der Waals surface area contributed by atoms with Crippen molar-refractivity contribution in [3.63, 3.8) is 0 Å². The Labute approximate surface area is 173 Å². The van der Waals surface area contributed by atoms with Crippen LogP contribution in [0, 0.1) is 0 Å². The monoisotopic (exact) mass is 432 g/mol. The summed E-state index contributed by atoms with van der Waals surface area (Å²) in [4.78, 5) is 27.9. The number of carbonyl (C=O) groups excluding carboxylic acids is 1. The number of aromatic nitrogens is 1. The fourth-order valence-corrected chi connectivity index (χ4v) is 4.83. The van der Waals surface area contributed by atoms with Gasteiger partial charge in [-0.05, 0) is 23.8 Å². The highest BCUT2D eigenvalue weighted by atomic mass is 35.5. The third-order valence-corrected chi connectivity index (χ3v) is 6.39. The number of amides is 1. The minimum Gasteiger partial charge on any atom is -0.480 e. The number of para-hydroxylation sites is 1. The maximum absolute atomic E-state index is 12.7. The molecule has 0 spiro atoms. The van der Waals surface area contributed by atoms with E-state index in [0.29, 0.717) is 15.4 Å². The standard InChI is InChI=1S/C20H14Cl2N2O3S/c21-11-5-6-13-16(8-11)28-18(17(13)22)19(25)24-15(20(26)27)7-10-9-23-14-4-2-1-3-12(10)14/h1-6,8-9,15,23H,7H2,(H,24,25)(H,26,27). The summed E-state index contributed by atoms with van der Waals surface area (Å²) in [5.41, 5.74) is 1.73. The van der Waals surface area contributed by atoms with Gasteiger partial charge >= 0.3 is 5.97 Å². The number of benzene rings is 2. The summed E-state index contributed by atoms with van der Waals surface area (Å²) in [5, 5.41) is 14.7. The Bertz CT molecular complexity index is 1210. The Morgan fingerprint density at radius 3 is 2.71 bits per heavy atom. The van der Waals surface area contributed by atoms with Crippen molar-refractivity contribution in [1.82, 2.24) is 10.3 Å². The molecule has 4 rings (SSSR count). The van der Waals surface area contributed by atoms with Crippen molar-refractivity contribution in [3.05, 3.63) is 69.1 Å². The summed E-state index contributed by atoms with van der Waals surface area (Å²) < 4.78 is 0.770. The summed E-state index contributed by atoms with van der Waals surface area (Å²) in [5.74, 6) is -1.63. The zero-order valence-corrected chi connectivity index (χ0v) is 16.7. The van der Waals surface area contributed by atoms with E-state index in [0.717, 1.165) is 21.2 Å². The average Bonchev–Trinajstić information content (AvgIpc) is 3.22. The van der Waals surface area contributed by atoms with E-state index >= 15 is 0 Å². The zero-order chi connectivity index (χ0) is 19.8. The molecule has 1 atom stereocenters. The number of H-pyrrole nitrogens is 1. The van der Waals surface area contributed by atoms with Gasteiger partial charge in [-0.3, -0.25) is 4.79 Å². The zero-order valence-electron chi connectivity index (χ0n) is 14.3. The van der Waals surface area contributed by atoms with Crippen molar-refractivity contribution >= 4 is 67.4 Å². The highest BCUT2D eigenvalue weighted by Gasteiger charge is 2.25. The maximum Gasteiger partial charge on any atom is 0.326 e. The molecular formula is C20H14Cl2N2O3S. The number of halogens is 2. The number of carboxylic acids is 1. The third-order valence-electron chi connectivity index (χ3n) is 4.50. The maximum atomic E-state index is 12.7. The number of thiophene rings is 1. The molecular weight excluding hydrogens is 419 g/mol. The van der Waals surface area contributed by atoms with Gasteiger partial charge in [0.05, 0.1) is 5.02 Å². The number of carboxylic acid groups (broad SMARTS) is 1.